The maximum absolute atomic E-state index is 12.3. The smallest absolute Gasteiger partial charge is 0.339 e. The van der Waals surface area contributed by atoms with E-state index >= 15 is 0 Å². The number of rotatable bonds is 5. The fourth-order valence-electron chi connectivity index (χ4n) is 2.46. The molecule has 0 spiro atoms. The number of nitrogens with one attached hydrogen (secondary N) is 1. The van der Waals surface area contributed by atoms with Crippen molar-refractivity contribution in [2.24, 2.45) is 4.99 Å². The number of amides is 1. The van der Waals surface area contributed by atoms with E-state index in [0.29, 0.717) is 5.69 Å². The summed E-state index contributed by atoms with van der Waals surface area (Å²) in [6.07, 6.45) is 0.186. The molecule has 3 rings (SSSR count). The fraction of sp³-hybridized carbons (Fsp3) is 0.267. The van der Waals surface area contributed by atoms with Crippen molar-refractivity contribution >= 4 is 46.1 Å². The van der Waals surface area contributed by atoms with Crippen LogP contribution in [0.5, 0.6) is 5.75 Å². The van der Waals surface area contributed by atoms with Crippen molar-refractivity contribution < 1.29 is 19.4 Å². The minimum absolute atomic E-state index is 0.0617. The lowest BCUT2D eigenvalue weighted by Gasteiger charge is -2.16. The third-order valence-electron chi connectivity index (χ3n) is 3.58. The molecule has 2 N–H and O–H groups in total. The summed E-state index contributed by atoms with van der Waals surface area (Å²) in [6, 6.07) is 2.67. The number of halogens is 1. The van der Waals surface area contributed by atoms with Crippen LogP contribution in [0.3, 0.4) is 0 Å². The Morgan fingerprint density at radius 1 is 1.50 bits per heavy atom. The molecule has 9 heteroatoms. The zero-order chi connectivity index (χ0) is 17.3. The molecule has 2 aliphatic rings. The van der Waals surface area contributed by atoms with Crippen LogP contribution in [0.2, 0.25) is 5.02 Å². The number of fused-ring (bicyclic) bond motifs is 1. The number of ether oxygens (including phenoxy) is 1. The molecule has 0 fully saturated rings. The number of aliphatic imine (C=N–C) groups is 1. The zero-order valence-electron chi connectivity index (χ0n) is 12.7. The Morgan fingerprint density at radius 3 is 3.00 bits per heavy atom. The van der Waals surface area contributed by atoms with E-state index in [0.717, 1.165) is 24.0 Å². The SMILES string of the molecule is COc1cc(NC(=O)CC2=CSC3=NCCN23)c(Cl)cc1C(=O)O. The molecule has 0 saturated heterocycles. The summed E-state index contributed by atoms with van der Waals surface area (Å²) in [6.45, 7) is 1.52. The van der Waals surface area contributed by atoms with Crippen LogP contribution in [0, 0.1) is 0 Å². The molecule has 24 heavy (non-hydrogen) atoms. The van der Waals surface area contributed by atoms with Gasteiger partial charge in [0.05, 0.1) is 30.8 Å². The molecule has 0 unspecified atom stereocenters. The normalized spacial score (nSPS) is 15.7. The Kier molecular flexibility index (Phi) is 4.68. The summed E-state index contributed by atoms with van der Waals surface area (Å²) in [5.41, 5.74) is 1.14. The highest BCUT2D eigenvalue weighted by Crippen LogP contribution is 2.33. The molecule has 0 saturated carbocycles. The predicted octanol–water partition coefficient (Wildman–Crippen LogP) is 2.64. The first kappa shape index (κ1) is 16.7. The highest BCUT2D eigenvalue weighted by molar-refractivity contribution is 8.16. The van der Waals surface area contributed by atoms with Crippen LogP contribution in [-0.4, -0.2) is 47.2 Å². The lowest BCUT2D eigenvalue weighted by atomic mass is 10.1. The van der Waals surface area contributed by atoms with Crippen LogP contribution < -0.4 is 10.1 Å². The van der Waals surface area contributed by atoms with Gasteiger partial charge in [-0.3, -0.25) is 9.79 Å². The van der Waals surface area contributed by atoms with Crippen LogP contribution in [0.15, 0.2) is 28.2 Å². The lowest BCUT2D eigenvalue weighted by Crippen LogP contribution is -2.24. The zero-order valence-corrected chi connectivity index (χ0v) is 14.3. The van der Waals surface area contributed by atoms with E-state index in [1.807, 2.05) is 10.3 Å². The van der Waals surface area contributed by atoms with Gasteiger partial charge in [-0.05, 0) is 11.5 Å². The second kappa shape index (κ2) is 6.74. The third-order valence-corrected chi connectivity index (χ3v) is 4.85. The number of amidine groups is 1. The first-order valence-electron chi connectivity index (χ1n) is 7.08. The van der Waals surface area contributed by atoms with E-state index in [1.165, 1.54) is 31.0 Å². The van der Waals surface area contributed by atoms with Gasteiger partial charge in [0, 0.05) is 18.3 Å². The van der Waals surface area contributed by atoms with Crippen molar-refractivity contribution in [1.29, 1.82) is 0 Å². The maximum Gasteiger partial charge on any atom is 0.339 e. The van der Waals surface area contributed by atoms with Gasteiger partial charge in [-0.2, -0.15) is 0 Å². The number of hydrogen-bond donors (Lipinski definition) is 2. The van der Waals surface area contributed by atoms with Gasteiger partial charge in [-0.15, -0.1) is 0 Å². The summed E-state index contributed by atoms with van der Waals surface area (Å²) in [7, 11) is 1.36. The molecule has 1 amide bonds. The molecule has 2 aliphatic heterocycles. The number of benzene rings is 1. The molecule has 0 atom stereocenters. The van der Waals surface area contributed by atoms with Crippen LogP contribution in [0.4, 0.5) is 5.69 Å². The standard InChI is InChI=1S/C15H14ClN3O4S/c1-23-12-6-11(10(16)5-9(12)14(21)22)18-13(20)4-8-7-24-15-17-2-3-19(8)15/h5-7H,2-4H2,1H3,(H,18,20)(H,21,22). The van der Waals surface area contributed by atoms with Crippen molar-refractivity contribution in [3.8, 4) is 5.75 Å². The molecular formula is C15H14ClN3O4S. The molecule has 1 aromatic carbocycles. The molecule has 0 aromatic heterocycles. The number of carbonyl (C=O) groups is 2. The summed E-state index contributed by atoms with van der Waals surface area (Å²) in [5, 5.41) is 14.8. The first-order chi connectivity index (χ1) is 11.5. The molecule has 0 bridgehead atoms. The van der Waals surface area contributed by atoms with E-state index < -0.39 is 5.97 Å². The number of carboxylic acid groups (broad SMARTS) is 1. The van der Waals surface area contributed by atoms with Gasteiger partial charge in [0.15, 0.2) is 5.17 Å². The van der Waals surface area contributed by atoms with E-state index in [4.69, 9.17) is 21.4 Å². The Hall–Kier alpha value is -2.19. The molecular weight excluding hydrogens is 354 g/mol. The number of aromatic carboxylic acids is 1. The van der Waals surface area contributed by atoms with Gasteiger partial charge >= 0.3 is 5.97 Å². The largest absolute Gasteiger partial charge is 0.496 e. The van der Waals surface area contributed by atoms with Crippen molar-refractivity contribution in [1.82, 2.24) is 4.90 Å². The minimum Gasteiger partial charge on any atom is -0.496 e. The summed E-state index contributed by atoms with van der Waals surface area (Å²) in [5.74, 6) is -1.27. The Labute approximate surface area is 147 Å². The van der Waals surface area contributed by atoms with Gasteiger partial charge in [0.2, 0.25) is 5.91 Å². The molecule has 0 radical (unpaired) electrons. The fourth-order valence-corrected chi connectivity index (χ4v) is 3.62. The van der Waals surface area contributed by atoms with Crippen LogP contribution in [-0.2, 0) is 4.79 Å². The highest BCUT2D eigenvalue weighted by Gasteiger charge is 2.27. The number of carboxylic acids is 1. The predicted molar refractivity (Wildman–Crippen MR) is 92.9 cm³/mol. The number of thioether (sulfide) groups is 1. The number of nitrogens with zero attached hydrogens (tertiary/aromatic N) is 2. The number of methoxy groups -OCH3 is 1. The topological polar surface area (TPSA) is 91.2 Å². The van der Waals surface area contributed by atoms with Gasteiger partial charge in [0.25, 0.3) is 0 Å². The Morgan fingerprint density at radius 2 is 2.29 bits per heavy atom. The van der Waals surface area contributed by atoms with Crippen LogP contribution in [0.25, 0.3) is 0 Å². The van der Waals surface area contributed by atoms with Crippen LogP contribution in [0.1, 0.15) is 16.8 Å². The van der Waals surface area contributed by atoms with Gasteiger partial charge in [-0.25, -0.2) is 4.79 Å². The molecule has 0 aliphatic carbocycles. The molecule has 7 nitrogen and oxygen atoms in total. The number of carbonyl (C=O) groups excluding carboxylic acids is 1. The van der Waals surface area contributed by atoms with Crippen molar-refractivity contribution in [2.45, 2.75) is 6.42 Å². The Bertz CT molecular complexity index is 778. The summed E-state index contributed by atoms with van der Waals surface area (Å²) >= 11 is 7.58. The van der Waals surface area contributed by atoms with Crippen molar-refractivity contribution in [3.05, 3.63) is 33.8 Å². The Balaban J connectivity index is 1.73. The quantitative estimate of drug-likeness (QED) is 0.831. The van der Waals surface area contributed by atoms with Gasteiger partial charge in [0.1, 0.15) is 11.3 Å². The second-order valence-electron chi connectivity index (χ2n) is 5.11. The highest BCUT2D eigenvalue weighted by atomic mass is 35.5. The van der Waals surface area contributed by atoms with Crippen molar-refractivity contribution in [2.75, 3.05) is 25.5 Å². The number of anilines is 1. The molecule has 1 aromatic rings. The van der Waals surface area contributed by atoms with E-state index in [-0.39, 0.29) is 28.7 Å². The monoisotopic (exact) mass is 367 g/mol. The second-order valence-corrected chi connectivity index (χ2v) is 6.35. The maximum atomic E-state index is 12.3. The average Bonchev–Trinajstić information content (AvgIpc) is 3.14. The molecule has 126 valence electrons. The number of hydrogen-bond acceptors (Lipinski definition) is 6. The first-order valence-corrected chi connectivity index (χ1v) is 8.33. The van der Waals surface area contributed by atoms with Gasteiger partial charge in [-0.1, -0.05) is 23.4 Å². The molecule has 2 heterocycles. The van der Waals surface area contributed by atoms with E-state index in [9.17, 15) is 9.59 Å². The minimum atomic E-state index is -1.15. The summed E-state index contributed by atoms with van der Waals surface area (Å²) in [4.78, 5) is 29.8. The van der Waals surface area contributed by atoms with Crippen LogP contribution >= 0.6 is 23.4 Å². The van der Waals surface area contributed by atoms with E-state index in [1.54, 1.807) is 0 Å². The summed E-state index contributed by atoms with van der Waals surface area (Å²) < 4.78 is 5.04. The van der Waals surface area contributed by atoms with Gasteiger partial charge < -0.3 is 20.1 Å². The van der Waals surface area contributed by atoms with E-state index in [2.05, 4.69) is 10.3 Å². The third kappa shape index (κ3) is 3.20. The van der Waals surface area contributed by atoms with Crippen molar-refractivity contribution in [3.63, 3.8) is 0 Å². The lowest BCUT2D eigenvalue weighted by molar-refractivity contribution is -0.115. The average molecular weight is 368 g/mol.